The summed E-state index contributed by atoms with van der Waals surface area (Å²) in [4.78, 5) is 34.6. The van der Waals surface area contributed by atoms with Crippen molar-refractivity contribution in [2.24, 2.45) is 0 Å². The smallest absolute Gasteiger partial charge is 0.302 e. The molecule has 0 saturated heterocycles. The third-order valence-corrected chi connectivity index (χ3v) is 5.83. The lowest BCUT2D eigenvalue weighted by Crippen LogP contribution is -2.55. The number of hydrogen-bond donors (Lipinski definition) is 1. The van der Waals surface area contributed by atoms with Crippen molar-refractivity contribution in [1.82, 2.24) is 5.32 Å². The number of carbonyl (C=O) groups excluding carboxylic acids is 3. The first-order valence-corrected chi connectivity index (χ1v) is 12.5. The maximum absolute atomic E-state index is 11.8. The lowest BCUT2D eigenvalue weighted by atomic mass is 9.92. The quantitative estimate of drug-likeness (QED) is 0.270. The van der Waals surface area contributed by atoms with Gasteiger partial charge in [0.25, 0.3) is 0 Å². The minimum atomic E-state index is -0.995. The molecule has 1 N–H and O–H groups in total. The molecule has 196 valence electrons. The van der Waals surface area contributed by atoms with Crippen LogP contribution in [0.3, 0.4) is 0 Å². The van der Waals surface area contributed by atoms with Crippen molar-refractivity contribution >= 4 is 17.8 Å². The van der Waals surface area contributed by atoms with Crippen LogP contribution >= 0.6 is 0 Å². The van der Waals surface area contributed by atoms with Gasteiger partial charge in [0, 0.05) is 27.4 Å². The average Bonchev–Trinajstić information content (AvgIpc) is 2.85. The van der Waals surface area contributed by atoms with Gasteiger partial charge in [-0.3, -0.25) is 14.4 Å². The number of carbonyl (C=O) groups is 3. The lowest BCUT2D eigenvalue weighted by Gasteiger charge is -2.33. The number of aryl methyl sites for hydroxylation is 2. The highest BCUT2D eigenvalue weighted by Gasteiger charge is 2.34. The van der Waals surface area contributed by atoms with E-state index in [1.807, 2.05) is 30.3 Å². The standard InChI is InChI=1S/C29H39NO6/c1-23(31)30-29(21-35-24(2)32,22-36-25(3)33)18-17-27-13-15-28(16-14-27)20-34-19-9-5-8-12-26-10-6-4-7-11-26/h4,6-7,10-11,13-16H,5,8-9,12,17-22H2,1-3H3,(H,30,31). The highest BCUT2D eigenvalue weighted by Crippen LogP contribution is 2.18. The zero-order chi connectivity index (χ0) is 26.2. The largest absolute Gasteiger partial charge is 0.463 e. The highest BCUT2D eigenvalue weighted by molar-refractivity contribution is 5.74. The Balaban J connectivity index is 1.79. The number of hydrogen-bond acceptors (Lipinski definition) is 6. The van der Waals surface area contributed by atoms with Crippen LogP contribution in [-0.4, -0.2) is 43.2 Å². The van der Waals surface area contributed by atoms with E-state index in [2.05, 4.69) is 29.6 Å². The van der Waals surface area contributed by atoms with Gasteiger partial charge >= 0.3 is 11.9 Å². The van der Waals surface area contributed by atoms with E-state index < -0.39 is 17.5 Å². The maximum atomic E-state index is 11.8. The second-order valence-corrected chi connectivity index (χ2v) is 9.19. The molecule has 0 unspecified atom stereocenters. The van der Waals surface area contributed by atoms with Crippen LogP contribution in [0.5, 0.6) is 0 Å². The number of rotatable bonds is 16. The van der Waals surface area contributed by atoms with Crippen LogP contribution < -0.4 is 5.32 Å². The van der Waals surface area contributed by atoms with Gasteiger partial charge in [0.15, 0.2) is 0 Å². The summed E-state index contributed by atoms with van der Waals surface area (Å²) >= 11 is 0. The molecule has 0 aliphatic rings. The first-order valence-electron chi connectivity index (χ1n) is 12.5. The van der Waals surface area contributed by atoms with Crippen LogP contribution in [0.1, 0.15) is 63.1 Å². The molecule has 0 aromatic heterocycles. The Hall–Kier alpha value is -3.19. The van der Waals surface area contributed by atoms with Crippen LogP contribution in [0.15, 0.2) is 54.6 Å². The Morgan fingerprint density at radius 3 is 1.89 bits per heavy atom. The summed E-state index contributed by atoms with van der Waals surface area (Å²) in [6, 6.07) is 18.6. The Bertz CT molecular complexity index is 924. The normalized spacial score (nSPS) is 11.1. The number of nitrogens with one attached hydrogen (secondary N) is 1. The SMILES string of the molecule is CC(=O)NC(CCc1ccc(COCCCCCc2ccccc2)cc1)(COC(C)=O)COC(C)=O. The minimum Gasteiger partial charge on any atom is -0.463 e. The number of amides is 1. The summed E-state index contributed by atoms with van der Waals surface area (Å²) in [6.07, 6.45) is 5.49. The van der Waals surface area contributed by atoms with Gasteiger partial charge in [-0.1, -0.05) is 61.0 Å². The average molecular weight is 498 g/mol. The van der Waals surface area contributed by atoms with E-state index in [1.165, 1.54) is 26.3 Å². The molecule has 0 radical (unpaired) electrons. The van der Waals surface area contributed by atoms with Gasteiger partial charge in [0.2, 0.25) is 5.91 Å². The molecule has 2 aromatic carbocycles. The minimum absolute atomic E-state index is 0.0769. The van der Waals surface area contributed by atoms with Crippen molar-refractivity contribution in [3.05, 3.63) is 71.3 Å². The molecule has 0 saturated carbocycles. The van der Waals surface area contributed by atoms with Crippen molar-refractivity contribution in [2.75, 3.05) is 19.8 Å². The summed E-state index contributed by atoms with van der Waals surface area (Å²) in [7, 11) is 0. The molecule has 0 aliphatic carbocycles. The molecule has 0 fully saturated rings. The van der Waals surface area contributed by atoms with Crippen molar-refractivity contribution in [1.29, 1.82) is 0 Å². The van der Waals surface area contributed by atoms with Gasteiger partial charge in [0.05, 0.1) is 6.61 Å². The fraction of sp³-hybridized carbons (Fsp3) is 0.483. The van der Waals surface area contributed by atoms with Crippen molar-refractivity contribution in [3.63, 3.8) is 0 Å². The molecule has 0 heterocycles. The second kappa shape index (κ2) is 15.7. The number of esters is 2. The second-order valence-electron chi connectivity index (χ2n) is 9.19. The van der Waals surface area contributed by atoms with Gasteiger partial charge in [-0.05, 0) is 48.8 Å². The monoisotopic (exact) mass is 497 g/mol. The van der Waals surface area contributed by atoms with Crippen molar-refractivity contribution < 1.29 is 28.6 Å². The molecule has 36 heavy (non-hydrogen) atoms. The molecule has 2 aromatic rings. The Morgan fingerprint density at radius 1 is 0.722 bits per heavy atom. The third-order valence-electron chi connectivity index (χ3n) is 5.83. The fourth-order valence-electron chi connectivity index (χ4n) is 3.90. The predicted octanol–water partition coefficient (Wildman–Crippen LogP) is 4.55. The van der Waals surface area contributed by atoms with Gasteiger partial charge in [0.1, 0.15) is 18.8 Å². The van der Waals surface area contributed by atoms with Crippen LogP contribution in [-0.2, 0) is 48.0 Å². The van der Waals surface area contributed by atoms with E-state index in [9.17, 15) is 14.4 Å². The van der Waals surface area contributed by atoms with E-state index in [0.717, 1.165) is 43.4 Å². The van der Waals surface area contributed by atoms with Crippen LogP contribution in [0.2, 0.25) is 0 Å². The first kappa shape index (κ1) is 29.0. The summed E-state index contributed by atoms with van der Waals surface area (Å²) in [5.41, 5.74) is 2.53. The van der Waals surface area contributed by atoms with Crippen molar-refractivity contribution in [3.8, 4) is 0 Å². The zero-order valence-corrected chi connectivity index (χ0v) is 21.7. The van der Waals surface area contributed by atoms with Crippen LogP contribution in [0.25, 0.3) is 0 Å². The molecular formula is C29H39NO6. The Kier molecular flexibility index (Phi) is 12.7. The first-order chi connectivity index (χ1) is 17.3. The topological polar surface area (TPSA) is 90.9 Å². The molecule has 7 heteroatoms. The van der Waals surface area contributed by atoms with Gasteiger partial charge in [-0.2, -0.15) is 0 Å². The number of ether oxygens (including phenoxy) is 3. The summed E-state index contributed by atoms with van der Waals surface area (Å²) in [5, 5.41) is 2.83. The Morgan fingerprint density at radius 2 is 1.31 bits per heavy atom. The molecule has 2 rings (SSSR count). The molecule has 1 amide bonds. The lowest BCUT2D eigenvalue weighted by molar-refractivity contribution is -0.150. The van der Waals surface area contributed by atoms with Gasteiger partial charge < -0.3 is 19.5 Å². The summed E-state index contributed by atoms with van der Waals surface area (Å²) in [5.74, 6) is -1.22. The highest BCUT2D eigenvalue weighted by atomic mass is 16.5. The fourth-order valence-corrected chi connectivity index (χ4v) is 3.90. The van der Waals surface area contributed by atoms with Crippen LogP contribution in [0, 0.1) is 0 Å². The molecule has 0 aliphatic heterocycles. The predicted molar refractivity (Wildman–Crippen MR) is 138 cm³/mol. The zero-order valence-electron chi connectivity index (χ0n) is 21.7. The molecule has 0 spiro atoms. The molecule has 0 bridgehead atoms. The molecular weight excluding hydrogens is 458 g/mol. The molecule has 7 nitrogen and oxygen atoms in total. The number of unbranched alkanes of at least 4 members (excludes halogenated alkanes) is 2. The van der Waals surface area contributed by atoms with E-state index in [-0.39, 0.29) is 19.1 Å². The summed E-state index contributed by atoms with van der Waals surface area (Å²) in [6.45, 7) is 5.13. The maximum Gasteiger partial charge on any atom is 0.302 e. The van der Waals surface area contributed by atoms with Gasteiger partial charge in [-0.25, -0.2) is 0 Å². The van der Waals surface area contributed by atoms with Gasteiger partial charge in [-0.15, -0.1) is 0 Å². The van der Waals surface area contributed by atoms with E-state index in [1.54, 1.807) is 0 Å². The summed E-state index contributed by atoms with van der Waals surface area (Å²) < 4.78 is 16.2. The van der Waals surface area contributed by atoms with Crippen molar-refractivity contribution in [2.45, 2.75) is 71.4 Å². The van der Waals surface area contributed by atoms with E-state index in [4.69, 9.17) is 14.2 Å². The van der Waals surface area contributed by atoms with Crippen LogP contribution in [0.4, 0.5) is 0 Å². The van der Waals surface area contributed by atoms with E-state index >= 15 is 0 Å². The Labute approximate surface area is 214 Å². The van der Waals surface area contributed by atoms with E-state index in [0.29, 0.717) is 19.4 Å². The number of benzene rings is 2. The third kappa shape index (κ3) is 12.0. The molecule has 0 atom stereocenters.